The molecular formula is C12H21NO2. The number of nitrogens with zero attached hydrogens (tertiary/aromatic N) is 1. The highest BCUT2D eigenvalue weighted by Gasteiger charge is 2.17. The van der Waals surface area contributed by atoms with E-state index in [4.69, 9.17) is 0 Å². The molecule has 1 rings (SSSR count). The van der Waals surface area contributed by atoms with Crippen molar-refractivity contribution in [2.45, 2.75) is 31.7 Å². The van der Waals surface area contributed by atoms with Crippen molar-refractivity contribution < 1.29 is 9.53 Å². The molecule has 0 N–H and O–H groups in total. The van der Waals surface area contributed by atoms with E-state index >= 15 is 0 Å². The number of esters is 1. The van der Waals surface area contributed by atoms with Crippen LogP contribution >= 0.6 is 0 Å². The van der Waals surface area contributed by atoms with Gasteiger partial charge in [-0.05, 0) is 39.3 Å². The van der Waals surface area contributed by atoms with Crippen molar-refractivity contribution in [3.63, 3.8) is 0 Å². The third-order valence-corrected chi connectivity index (χ3v) is 3.05. The van der Waals surface area contributed by atoms with E-state index in [-0.39, 0.29) is 5.97 Å². The van der Waals surface area contributed by atoms with Crippen LogP contribution in [0.1, 0.15) is 25.7 Å². The number of carbonyl (C=O) groups excluding carboxylic acids is 1. The zero-order valence-electron chi connectivity index (χ0n) is 9.90. The van der Waals surface area contributed by atoms with Crippen LogP contribution in [-0.2, 0) is 9.53 Å². The summed E-state index contributed by atoms with van der Waals surface area (Å²) in [7, 11) is 5.65. The van der Waals surface area contributed by atoms with Gasteiger partial charge < -0.3 is 9.64 Å². The number of carbonyl (C=O) groups is 1. The Labute approximate surface area is 92.1 Å². The fourth-order valence-corrected chi connectivity index (χ4v) is 1.94. The molecule has 0 bridgehead atoms. The van der Waals surface area contributed by atoms with Gasteiger partial charge >= 0.3 is 5.97 Å². The van der Waals surface area contributed by atoms with Crippen molar-refractivity contribution in [2.75, 3.05) is 21.2 Å². The van der Waals surface area contributed by atoms with Crippen molar-refractivity contribution in [3.05, 3.63) is 12.2 Å². The number of rotatable bonds is 4. The molecule has 0 aromatic heterocycles. The van der Waals surface area contributed by atoms with Gasteiger partial charge in [-0.15, -0.1) is 0 Å². The number of ether oxygens (including phenoxy) is 1. The second-order valence-corrected chi connectivity index (χ2v) is 4.37. The zero-order chi connectivity index (χ0) is 11.3. The first-order chi connectivity index (χ1) is 7.13. The predicted octanol–water partition coefficient (Wildman–Crippen LogP) is 1.84. The summed E-state index contributed by atoms with van der Waals surface area (Å²) >= 11 is 0. The highest BCUT2D eigenvalue weighted by atomic mass is 16.5. The Hall–Kier alpha value is -0.830. The minimum absolute atomic E-state index is 0.0990. The van der Waals surface area contributed by atoms with Crippen LogP contribution in [0.15, 0.2) is 12.2 Å². The Morgan fingerprint density at radius 1 is 1.40 bits per heavy atom. The Kier molecular flexibility index (Phi) is 4.82. The van der Waals surface area contributed by atoms with Gasteiger partial charge in [-0.1, -0.05) is 12.2 Å². The number of hydrogen-bond acceptors (Lipinski definition) is 3. The number of hydrogen-bond donors (Lipinski definition) is 0. The van der Waals surface area contributed by atoms with Gasteiger partial charge in [-0.2, -0.15) is 0 Å². The van der Waals surface area contributed by atoms with Crippen molar-refractivity contribution in [2.24, 2.45) is 5.92 Å². The van der Waals surface area contributed by atoms with Crippen molar-refractivity contribution in [3.8, 4) is 0 Å². The topological polar surface area (TPSA) is 29.5 Å². The van der Waals surface area contributed by atoms with Crippen molar-refractivity contribution in [1.82, 2.24) is 4.90 Å². The lowest BCUT2D eigenvalue weighted by molar-refractivity contribution is -0.140. The van der Waals surface area contributed by atoms with Crippen molar-refractivity contribution in [1.29, 1.82) is 0 Å². The maximum atomic E-state index is 11.0. The molecule has 0 aliphatic heterocycles. The predicted molar refractivity (Wildman–Crippen MR) is 60.6 cm³/mol. The third kappa shape index (κ3) is 4.04. The Morgan fingerprint density at radius 3 is 2.60 bits per heavy atom. The summed E-state index contributed by atoms with van der Waals surface area (Å²) in [5, 5.41) is 0. The molecule has 0 amide bonds. The lowest BCUT2D eigenvalue weighted by atomic mass is 9.89. The highest BCUT2D eigenvalue weighted by molar-refractivity contribution is 5.69. The normalized spacial score (nSPS) is 25.6. The lowest BCUT2D eigenvalue weighted by Gasteiger charge is -2.27. The Morgan fingerprint density at radius 2 is 2.13 bits per heavy atom. The summed E-state index contributed by atoms with van der Waals surface area (Å²) in [4.78, 5) is 13.2. The summed E-state index contributed by atoms with van der Waals surface area (Å²) in [6, 6.07) is 0.569. The average Bonchev–Trinajstić information content (AvgIpc) is 2.26. The highest BCUT2D eigenvalue weighted by Crippen LogP contribution is 2.23. The Bertz CT molecular complexity index is 236. The van der Waals surface area contributed by atoms with Crippen LogP contribution in [-0.4, -0.2) is 38.1 Å². The van der Waals surface area contributed by atoms with Gasteiger partial charge in [0.25, 0.3) is 0 Å². The Balaban J connectivity index is 2.30. The van der Waals surface area contributed by atoms with E-state index in [1.807, 2.05) is 0 Å². The minimum Gasteiger partial charge on any atom is -0.469 e. The fourth-order valence-electron chi connectivity index (χ4n) is 1.94. The summed E-state index contributed by atoms with van der Waals surface area (Å²) in [5.41, 5.74) is 0. The zero-order valence-corrected chi connectivity index (χ0v) is 9.90. The molecule has 15 heavy (non-hydrogen) atoms. The molecule has 1 aliphatic carbocycles. The second-order valence-electron chi connectivity index (χ2n) is 4.37. The van der Waals surface area contributed by atoms with Crippen LogP contribution in [0.5, 0.6) is 0 Å². The molecule has 0 unspecified atom stereocenters. The summed E-state index contributed by atoms with van der Waals surface area (Å²) in [5.74, 6) is 0.457. The molecule has 3 nitrogen and oxygen atoms in total. The van der Waals surface area contributed by atoms with E-state index < -0.39 is 0 Å². The van der Waals surface area contributed by atoms with Crippen LogP contribution in [0.25, 0.3) is 0 Å². The molecule has 0 fully saturated rings. The quantitative estimate of drug-likeness (QED) is 0.525. The first kappa shape index (κ1) is 12.2. The monoisotopic (exact) mass is 211 g/mol. The van der Waals surface area contributed by atoms with E-state index in [0.29, 0.717) is 18.4 Å². The van der Waals surface area contributed by atoms with E-state index in [9.17, 15) is 4.79 Å². The first-order valence-corrected chi connectivity index (χ1v) is 5.55. The minimum atomic E-state index is -0.0990. The van der Waals surface area contributed by atoms with Crippen molar-refractivity contribution >= 4 is 5.97 Å². The van der Waals surface area contributed by atoms with Gasteiger partial charge in [-0.3, -0.25) is 4.79 Å². The summed E-state index contributed by atoms with van der Waals surface area (Å²) in [6.07, 6.45) is 8.33. The molecule has 0 saturated carbocycles. The van der Waals surface area contributed by atoms with E-state index in [0.717, 1.165) is 6.42 Å². The van der Waals surface area contributed by atoms with Crippen LogP contribution in [0.3, 0.4) is 0 Å². The van der Waals surface area contributed by atoms with Gasteiger partial charge in [0, 0.05) is 12.5 Å². The lowest BCUT2D eigenvalue weighted by Crippen LogP contribution is -2.28. The molecule has 0 radical (unpaired) electrons. The van der Waals surface area contributed by atoms with E-state index in [1.54, 1.807) is 0 Å². The fraction of sp³-hybridized carbons (Fsp3) is 0.750. The number of allylic oxidation sites excluding steroid dienone is 1. The molecule has 0 aromatic carbocycles. The van der Waals surface area contributed by atoms with Crippen LogP contribution in [0, 0.1) is 5.92 Å². The molecule has 86 valence electrons. The molecule has 3 heteroatoms. The first-order valence-electron chi connectivity index (χ1n) is 5.55. The molecule has 0 saturated heterocycles. The maximum Gasteiger partial charge on any atom is 0.305 e. The standard InChI is InChI=1S/C12H21NO2/c1-13(2)11-7-4-10(5-8-11)6-9-12(14)15-3/h4,7,10-11H,5-6,8-9H2,1-3H3/t10-,11-/m1/s1. The third-order valence-electron chi connectivity index (χ3n) is 3.05. The molecule has 0 aromatic rings. The number of methoxy groups -OCH3 is 1. The van der Waals surface area contributed by atoms with Crippen LogP contribution in [0.4, 0.5) is 0 Å². The molecule has 2 atom stereocenters. The second kappa shape index (κ2) is 5.91. The average molecular weight is 211 g/mol. The van der Waals surface area contributed by atoms with Crippen LogP contribution < -0.4 is 0 Å². The van der Waals surface area contributed by atoms with E-state index in [2.05, 4.69) is 35.9 Å². The summed E-state index contributed by atoms with van der Waals surface area (Å²) < 4.78 is 4.63. The smallest absolute Gasteiger partial charge is 0.305 e. The molecule has 1 aliphatic rings. The number of likely N-dealkylation sites (N-methyl/N-ethyl adjacent to an activating group) is 1. The molecule has 0 spiro atoms. The van der Waals surface area contributed by atoms with Gasteiger partial charge in [0.2, 0.25) is 0 Å². The van der Waals surface area contributed by atoms with Crippen LogP contribution in [0.2, 0.25) is 0 Å². The van der Waals surface area contributed by atoms with Gasteiger partial charge in [0.1, 0.15) is 0 Å². The molecular weight excluding hydrogens is 190 g/mol. The van der Waals surface area contributed by atoms with Gasteiger partial charge in [0.05, 0.1) is 7.11 Å². The summed E-state index contributed by atoms with van der Waals surface area (Å²) in [6.45, 7) is 0. The maximum absolute atomic E-state index is 11.0. The van der Waals surface area contributed by atoms with Gasteiger partial charge in [-0.25, -0.2) is 0 Å². The van der Waals surface area contributed by atoms with E-state index in [1.165, 1.54) is 20.0 Å². The van der Waals surface area contributed by atoms with Gasteiger partial charge in [0.15, 0.2) is 0 Å². The molecule has 0 heterocycles. The SMILES string of the molecule is COC(=O)CC[C@@H]1C=C[C@@H](N(C)C)CC1. The largest absolute Gasteiger partial charge is 0.469 e.